The first kappa shape index (κ1) is 13.1. The molecule has 0 unspecified atom stereocenters. The molecule has 1 aromatic carbocycles. The Labute approximate surface area is 107 Å². The minimum atomic E-state index is -0.892. The fraction of sp³-hybridized carbons (Fsp3) is 0.500. The molecule has 1 aliphatic rings. The third-order valence-corrected chi connectivity index (χ3v) is 3.55. The van der Waals surface area contributed by atoms with Crippen LogP contribution in [0.4, 0.5) is 0 Å². The van der Waals surface area contributed by atoms with Crippen LogP contribution in [-0.2, 0) is 16.0 Å². The van der Waals surface area contributed by atoms with Crippen LogP contribution in [0, 0.1) is 0 Å². The van der Waals surface area contributed by atoms with Gasteiger partial charge in [-0.1, -0.05) is 24.3 Å². The number of hydrogen-bond acceptors (Lipinski definition) is 3. The van der Waals surface area contributed by atoms with Crippen LogP contribution in [0.3, 0.4) is 0 Å². The first-order valence-electron chi connectivity index (χ1n) is 6.07. The van der Waals surface area contributed by atoms with Crippen LogP contribution in [0.2, 0.25) is 0 Å². The summed E-state index contributed by atoms with van der Waals surface area (Å²) in [6, 6.07) is 7.43. The minimum absolute atomic E-state index is 0.217. The normalized spacial score (nSPS) is 22.7. The number of hydrogen-bond donors (Lipinski definition) is 2. The molecule has 0 bridgehead atoms. The second kappa shape index (κ2) is 4.71. The highest BCUT2D eigenvalue weighted by molar-refractivity contribution is 5.84. The molecule has 0 aromatic heterocycles. The number of aliphatic hydroxyl groups is 1. The Kier molecular flexibility index (Phi) is 3.41. The maximum atomic E-state index is 12.1. The van der Waals surface area contributed by atoms with E-state index >= 15 is 0 Å². The van der Waals surface area contributed by atoms with Crippen molar-refractivity contribution >= 4 is 5.91 Å². The Morgan fingerprint density at radius 1 is 1.44 bits per heavy atom. The summed E-state index contributed by atoms with van der Waals surface area (Å²) in [4.78, 5) is 12.1. The zero-order chi connectivity index (χ0) is 13.3. The number of nitrogens with one attached hydrogen (secondary N) is 1. The Morgan fingerprint density at radius 3 is 2.78 bits per heavy atom. The van der Waals surface area contributed by atoms with Crippen LogP contribution in [0.25, 0.3) is 0 Å². The van der Waals surface area contributed by atoms with Crippen molar-refractivity contribution in [3.8, 4) is 0 Å². The Morgan fingerprint density at radius 2 is 2.11 bits per heavy atom. The summed E-state index contributed by atoms with van der Waals surface area (Å²) in [6.07, 6.45) is 0.00754. The molecule has 0 radical (unpaired) electrons. The van der Waals surface area contributed by atoms with E-state index in [2.05, 4.69) is 5.32 Å². The van der Waals surface area contributed by atoms with E-state index in [-0.39, 0.29) is 11.9 Å². The van der Waals surface area contributed by atoms with Gasteiger partial charge >= 0.3 is 0 Å². The number of benzene rings is 1. The predicted molar refractivity (Wildman–Crippen MR) is 68.1 cm³/mol. The highest BCUT2D eigenvalue weighted by Crippen LogP contribution is 2.31. The van der Waals surface area contributed by atoms with Crippen LogP contribution in [-0.4, -0.2) is 29.8 Å². The lowest BCUT2D eigenvalue weighted by Gasteiger charge is -2.26. The van der Waals surface area contributed by atoms with Gasteiger partial charge in [0.1, 0.15) is 5.60 Å². The molecular formula is C14H19NO3. The van der Waals surface area contributed by atoms with Crippen molar-refractivity contribution in [1.82, 2.24) is 5.32 Å². The molecule has 2 N–H and O–H groups in total. The van der Waals surface area contributed by atoms with E-state index in [0.29, 0.717) is 6.42 Å². The Bertz CT molecular complexity index is 456. The van der Waals surface area contributed by atoms with Gasteiger partial charge in [0, 0.05) is 13.5 Å². The molecule has 0 aliphatic heterocycles. The van der Waals surface area contributed by atoms with Gasteiger partial charge in [-0.25, -0.2) is 0 Å². The molecule has 0 fully saturated rings. The standard InChI is InChI=1S/C14H19NO3/c1-14(2,18-3)13(17)15-12-10-7-5-4-6-9(10)8-11(12)16/h4-7,11-12,16H,8H2,1-3H3,(H,15,17)/t11-,12+/m0/s1. The van der Waals surface area contributed by atoms with Gasteiger partial charge in [0.2, 0.25) is 0 Å². The van der Waals surface area contributed by atoms with Gasteiger partial charge in [0.15, 0.2) is 0 Å². The zero-order valence-electron chi connectivity index (χ0n) is 10.9. The Hall–Kier alpha value is -1.39. The van der Waals surface area contributed by atoms with Gasteiger partial charge in [0.25, 0.3) is 5.91 Å². The molecule has 1 aliphatic carbocycles. The molecule has 1 amide bonds. The third kappa shape index (κ3) is 2.26. The van der Waals surface area contributed by atoms with Crippen LogP contribution >= 0.6 is 0 Å². The summed E-state index contributed by atoms with van der Waals surface area (Å²) in [5.41, 5.74) is 1.19. The number of amides is 1. The van der Waals surface area contributed by atoms with Gasteiger partial charge in [0.05, 0.1) is 12.1 Å². The monoisotopic (exact) mass is 249 g/mol. The highest BCUT2D eigenvalue weighted by atomic mass is 16.5. The summed E-state index contributed by atoms with van der Waals surface area (Å²) in [5.74, 6) is -0.217. The van der Waals surface area contributed by atoms with E-state index < -0.39 is 11.7 Å². The van der Waals surface area contributed by atoms with E-state index in [0.717, 1.165) is 11.1 Å². The van der Waals surface area contributed by atoms with Gasteiger partial charge in [-0.05, 0) is 25.0 Å². The molecule has 4 heteroatoms. The van der Waals surface area contributed by atoms with E-state index in [9.17, 15) is 9.90 Å². The van der Waals surface area contributed by atoms with Crippen LogP contribution < -0.4 is 5.32 Å². The second-order valence-corrected chi connectivity index (χ2v) is 5.14. The molecule has 4 nitrogen and oxygen atoms in total. The number of aliphatic hydroxyl groups excluding tert-OH is 1. The maximum Gasteiger partial charge on any atom is 0.252 e. The molecule has 0 heterocycles. The number of methoxy groups -OCH3 is 1. The summed E-state index contributed by atoms with van der Waals surface area (Å²) in [5, 5.41) is 12.9. The lowest BCUT2D eigenvalue weighted by atomic mass is 10.0. The second-order valence-electron chi connectivity index (χ2n) is 5.14. The fourth-order valence-corrected chi connectivity index (χ4v) is 2.16. The van der Waals surface area contributed by atoms with Crippen molar-refractivity contribution in [2.45, 2.75) is 38.0 Å². The van der Waals surface area contributed by atoms with Crippen molar-refractivity contribution in [2.24, 2.45) is 0 Å². The summed E-state index contributed by atoms with van der Waals surface area (Å²) in [7, 11) is 1.50. The topological polar surface area (TPSA) is 58.6 Å². The molecule has 18 heavy (non-hydrogen) atoms. The van der Waals surface area contributed by atoms with E-state index in [4.69, 9.17) is 4.74 Å². The van der Waals surface area contributed by atoms with E-state index in [1.807, 2.05) is 24.3 Å². The molecular weight excluding hydrogens is 230 g/mol. The number of ether oxygens (including phenoxy) is 1. The van der Waals surface area contributed by atoms with Gasteiger partial charge in [-0.3, -0.25) is 4.79 Å². The van der Waals surface area contributed by atoms with Crippen LogP contribution in [0.1, 0.15) is 31.0 Å². The third-order valence-electron chi connectivity index (χ3n) is 3.55. The summed E-state index contributed by atoms with van der Waals surface area (Å²) < 4.78 is 5.14. The number of fused-ring (bicyclic) bond motifs is 1. The average molecular weight is 249 g/mol. The zero-order valence-corrected chi connectivity index (χ0v) is 10.9. The fourth-order valence-electron chi connectivity index (χ4n) is 2.16. The quantitative estimate of drug-likeness (QED) is 0.846. The number of rotatable bonds is 3. The maximum absolute atomic E-state index is 12.1. The predicted octanol–water partition coefficient (Wildman–Crippen LogP) is 1.19. The first-order chi connectivity index (χ1) is 8.45. The van der Waals surface area contributed by atoms with Crippen molar-refractivity contribution in [3.05, 3.63) is 35.4 Å². The molecule has 0 saturated carbocycles. The van der Waals surface area contributed by atoms with Gasteiger partial charge in [-0.2, -0.15) is 0 Å². The molecule has 0 spiro atoms. The summed E-state index contributed by atoms with van der Waals surface area (Å²) >= 11 is 0. The molecule has 0 saturated heterocycles. The number of carbonyl (C=O) groups is 1. The lowest BCUT2D eigenvalue weighted by molar-refractivity contribution is -0.141. The van der Waals surface area contributed by atoms with Gasteiger partial charge < -0.3 is 15.2 Å². The van der Waals surface area contributed by atoms with E-state index in [1.54, 1.807) is 13.8 Å². The molecule has 1 aromatic rings. The average Bonchev–Trinajstić information content (AvgIpc) is 2.66. The molecule has 98 valence electrons. The largest absolute Gasteiger partial charge is 0.390 e. The Balaban J connectivity index is 2.18. The molecule has 2 rings (SSSR count). The van der Waals surface area contributed by atoms with Crippen molar-refractivity contribution < 1.29 is 14.6 Å². The summed E-state index contributed by atoms with van der Waals surface area (Å²) in [6.45, 7) is 3.41. The highest BCUT2D eigenvalue weighted by Gasteiger charge is 2.36. The molecule has 2 atom stereocenters. The smallest absolute Gasteiger partial charge is 0.252 e. The van der Waals surface area contributed by atoms with Crippen LogP contribution in [0.5, 0.6) is 0 Å². The lowest BCUT2D eigenvalue weighted by Crippen LogP contribution is -2.46. The number of carbonyl (C=O) groups excluding carboxylic acids is 1. The first-order valence-corrected chi connectivity index (χ1v) is 6.07. The van der Waals surface area contributed by atoms with Crippen LogP contribution in [0.15, 0.2) is 24.3 Å². The van der Waals surface area contributed by atoms with Crippen molar-refractivity contribution in [2.75, 3.05) is 7.11 Å². The van der Waals surface area contributed by atoms with Crippen molar-refractivity contribution in [1.29, 1.82) is 0 Å². The van der Waals surface area contributed by atoms with E-state index in [1.165, 1.54) is 7.11 Å². The minimum Gasteiger partial charge on any atom is -0.390 e. The van der Waals surface area contributed by atoms with Crippen molar-refractivity contribution in [3.63, 3.8) is 0 Å². The SMILES string of the molecule is COC(C)(C)C(=O)N[C@@H]1c2ccccc2C[C@@H]1O. The van der Waals surface area contributed by atoms with Gasteiger partial charge in [-0.15, -0.1) is 0 Å².